The van der Waals surface area contributed by atoms with E-state index in [0.29, 0.717) is 0 Å². The summed E-state index contributed by atoms with van der Waals surface area (Å²) in [5.41, 5.74) is 13.7. The Morgan fingerprint density at radius 3 is 1.47 bits per heavy atom. The van der Waals surface area contributed by atoms with Gasteiger partial charge in [-0.1, -0.05) is 147 Å². The van der Waals surface area contributed by atoms with E-state index in [1.807, 2.05) is 11.3 Å². The monoisotopic (exact) mass is 719 g/mol. The van der Waals surface area contributed by atoms with Gasteiger partial charge in [0.25, 0.3) is 0 Å². The fourth-order valence-electron chi connectivity index (χ4n) is 9.24. The highest BCUT2D eigenvalue weighted by molar-refractivity contribution is 7.25. The molecule has 0 aliphatic heterocycles. The van der Waals surface area contributed by atoms with E-state index in [4.69, 9.17) is 0 Å². The van der Waals surface area contributed by atoms with Gasteiger partial charge in [-0.25, -0.2) is 0 Å². The summed E-state index contributed by atoms with van der Waals surface area (Å²) in [5.74, 6) is 0. The molecule has 9 aromatic carbocycles. The Balaban J connectivity index is 1.11. The topological polar surface area (TPSA) is 3.24 Å². The van der Waals surface area contributed by atoms with Crippen molar-refractivity contribution in [2.75, 3.05) is 4.90 Å². The summed E-state index contributed by atoms with van der Waals surface area (Å²) in [6.45, 7) is 4.80. The molecule has 0 amide bonds. The van der Waals surface area contributed by atoms with Crippen LogP contribution in [0.3, 0.4) is 0 Å². The third kappa shape index (κ3) is 4.92. The minimum absolute atomic E-state index is 0.210. The van der Waals surface area contributed by atoms with Gasteiger partial charge in [0.05, 0.1) is 0 Å². The van der Waals surface area contributed by atoms with Gasteiger partial charge in [-0.05, 0) is 121 Å². The lowest BCUT2D eigenvalue weighted by atomic mass is 9.80. The fraction of sp³-hybridized carbons (Fsp3) is 0.0566. The lowest BCUT2D eigenvalue weighted by Crippen LogP contribution is -2.16. The molecule has 0 bridgehead atoms. The normalized spacial score (nSPS) is 13.1. The van der Waals surface area contributed by atoms with E-state index in [0.717, 1.165) is 17.1 Å². The molecule has 1 aliphatic carbocycles. The van der Waals surface area contributed by atoms with Crippen molar-refractivity contribution in [1.29, 1.82) is 0 Å². The van der Waals surface area contributed by atoms with E-state index in [1.165, 1.54) is 86.2 Å². The highest BCUT2D eigenvalue weighted by atomic mass is 32.1. The molecule has 10 aromatic rings. The van der Waals surface area contributed by atoms with Gasteiger partial charge in [0.15, 0.2) is 0 Å². The number of hydrogen-bond donors (Lipinski definition) is 0. The molecule has 11 rings (SSSR count). The van der Waals surface area contributed by atoms with Crippen molar-refractivity contribution in [3.63, 3.8) is 0 Å². The molecule has 0 radical (unpaired) electrons. The fourth-order valence-corrected chi connectivity index (χ4v) is 10.4. The number of benzene rings is 9. The van der Waals surface area contributed by atoms with Crippen molar-refractivity contribution in [3.8, 4) is 33.4 Å². The number of hydrogen-bond acceptors (Lipinski definition) is 2. The summed E-state index contributed by atoms with van der Waals surface area (Å²) in [5, 5.41) is 7.80. The minimum Gasteiger partial charge on any atom is -0.310 e. The summed E-state index contributed by atoms with van der Waals surface area (Å²) in [4.78, 5) is 2.37. The highest BCUT2D eigenvalue weighted by Gasteiger charge is 2.36. The zero-order valence-electron chi connectivity index (χ0n) is 30.8. The van der Waals surface area contributed by atoms with Crippen molar-refractivity contribution in [1.82, 2.24) is 0 Å². The minimum atomic E-state index is -0.210. The maximum absolute atomic E-state index is 2.50. The molecule has 1 aliphatic rings. The first-order valence-corrected chi connectivity index (χ1v) is 19.9. The predicted octanol–water partition coefficient (Wildman–Crippen LogP) is 15.5. The zero-order chi connectivity index (χ0) is 36.7. The van der Waals surface area contributed by atoms with E-state index < -0.39 is 0 Å². The lowest BCUT2D eigenvalue weighted by Gasteiger charge is -2.28. The summed E-state index contributed by atoms with van der Waals surface area (Å²) >= 11 is 1.89. The van der Waals surface area contributed by atoms with Crippen LogP contribution in [0.15, 0.2) is 188 Å². The van der Waals surface area contributed by atoms with Crippen LogP contribution in [0.25, 0.3) is 75.1 Å². The van der Waals surface area contributed by atoms with Crippen molar-refractivity contribution in [2.24, 2.45) is 0 Å². The Hall–Kier alpha value is -6.48. The molecular formula is C53H37NS. The van der Waals surface area contributed by atoms with Gasteiger partial charge in [0.2, 0.25) is 0 Å². The van der Waals surface area contributed by atoms with E-state index in [2.05, 4.69) is 207 Å². The first-order valence-electron chi connectivity index (χ1n) is 19.1. The number of para-hydroxylation sites is 2. The molecule has 0 saturated carbocycles. The Kier molecular flexibility index (Phi) is 7.14. The molecule has 260 valence electrons. The lowest BCUT2D eigenvalue weighted by molar-refractivity contribution is 0.660. The van der Waals surface area contributed by atoms with E-state index in [-0.39, 0.29) is 5.41 Å². The van der Waals surface area contributed by atoms with Crippen molar-refractivity contribution < 1.29 is 0 Å². The first kappa shape index (κ1) is 32.0. The molecule has 55 heavy (non-hydrogen) atoms. The van der Waals surface area contributed by atoms with Gasteiger partial charge >= 0.3 is 0 Å². The van der Waals surface area contributed by atoms with Crippen LogP contribution >= 0.6 is 11.3 Å². The van der Waals surface area contributed by atoms with Crippen LogP contribution < -0.4 is 4.90 Å². The summed E-state index contributed by atoms with van der Waals surface area (Å²) in [6.07, 6.45) is 0. The van der Waals surface area contributed by atoms with Crippen LogP contribution in [0, 0.1) is 0 Å². The zero-order valence-corrected chi connectivity index (χ0v) is 31.6. The largest absolute Gasteiger partial charge is 0.310 e. The molecule has 0 N–H and O–H groups in total. The number of anilines is 3. The number of fused-ring (bicyclic) bond motifs is 9. The second-order valence-electron chi connectivity index (χ2n) is 15.3. The Labute approximate surface area is 325 Å². The molecule has 0 saturated heterocycles. The smallest absolute Gasteiger partial charge is 0.0465 e. The standard InChI is InChI=1S/C53H37NS/c1-53(2)47-31-34(25-28-41(47)42-30-27-38(33-48(42)53)54(36-15-5-3-6-16-36)37-17-7-4-8-18-37)51-45-22-11-9-19-39(45)40-20-10-12-23-46(40)52(51)35-26-29-44-43-21-13-14-24-49(43)55-50(44)32-35/h3-33H,1-2H3. The van der Waals surface area contributed by atoms with Crippen molar-refractivity contribution in [3.05, 3.63) is 199 Å². The molecule has 0 unspecified atom stereocenters. The quantitative estimate of drug-likeness (QED) is 0.160. The first-order chi connectivity index (χ1) is 27.0. The van der Waals surface area contributed by atoms with Gasteiger partial charge in [0.1, 0.15) is 0 Å². The average molecular weight is 720 g/mol. The van der Waals surface area contributed by atoms with E-state index in [9.17, 15) is 0 Å². The van der Waals surface area contributed by atoms with Gasteiger partial charge in [-0.2, -0.15) is 0 Å². The van der Waals surface area contributed by atoms with Gasteiger partial charge in [-0.3, -0.25) is 0 Å². The van der Waals surface area contributed by atoms with Crippen LogP contribution in [-0.2, 0) is 5.41 Å². The Bertz CT molecular complexity index is 3080. The van der Waals surface area contributed by atoms with Gasteiger partial charge in [0, 0.05) is 42.6 Å². The van der Waals surface area contributed by atoms with Gasteiger partial charge in [-0.15, -0.1) is 11.3 Å². The van der Waals surface area contributed by atoms with Crippen LogP contribution in [0.1, 0.15) is 25.0 Å². The molecule has 0 spiro atoms. The van der Waals surface area contributed by atoms with Crippen molar-refractivity contribution >= 4 is 70.1 Å². The second kappa shape index (κ2) is 12.3. The predicted molar refractivity (Wildman–Crippen MR) is 237 cm³/mol. The van der Waals surface area contributed by atoms with Crippen molar-refractivity contribution in [2.45, 2.75) is 19.3 Å². The highest BCUT2D eigenvalue weighted by Crippen LogP contribution is 2.53. The number of thiophene rings is 1. The summed E-state index contributed by atoms with van der Waals surface area (Å²) < 4.78 is 2.65. The second-order valence-corrected chi connectivity index (χ2v) is 16.4. The Morgan fingerprint density at radius 2 is 0.836 bits per heavy atom. The number of nitrogens with zero attached hydrogens (tertiary/aromatic N) is 1. The molecule has 0 fully saturated rings. The molecule has 0 atom stereocenters. The van der Waals surface area contributed by atoms with E-state index in [1.54, 1.807) is 0 Å². The molecule has 1 heterocycles. The molecule has 1 aromatic heterocycles. The third-order valence-electron chi connectivity index (χ3n) is 11.8. The maximum Gasteiger partial charge on any atom is 0.0465 e. The van der Waals surface area contributed by atoms with Crippen LogP contribution in [0.4, 0.5) is 17.1 Å². The van der Waals surface area contributed by atoms with Gasteiger partial charge < -0.3 is 4.90 Å². The van der Waals surface area contributed by atoms with Crippen LogP contribution in [0.5, 0.6) is 0 Å². The Morgan fingerprint density at radius 1 is 0.364 bits per heavy atom. The SMILES string of the molecule is CC1(C)c2cc(-c3c(-c4ccc5c(c4)sc4ccccc45)c4ccccc4c4ccccc34)ccc2-c2ccc(N(c3ccccc3)c3ccccc3)cc21. The summed E-state index contributed by atoms with van der Waals surface area (Å²) in [6, 6.07) is 69.5. The van der Waals surface area contributed by atoms with Crippen LogP contribution in [-0.4, -0.2) is 0 Å². The number of rotatable bonds is 5. The summed E-state index contributed by atoms with van der Waals surface area (Å²) in [7, 11) is 0. The maximum atomic E-state index is 2.50. The molecular weight excluding hydrogens is 683 g/mol. The van der Waals surface area contributed by atoms with E-state index >= 15 is 0 Å². The van der Waals surface area contributed by atoms with Crippen LogP contribution in [0.2, 0.25) is 0 Å². The molecule has 1 nitrogen and oxygen atoms in total. The average Bonchev–Trinajstić information content (AvgIpc) is 3.72. The molecule has 2 heteroatoms. The third-order valence-corrected chi connectivity index (χ3v) is 13.0.